The fraction of sp³-hybridized carbons (Fsp3) is 0.522. The van der Waals surface area contributed by atoms with Crippen molar-refractivity contribution in [3.8, 4) is 11.3 Å². The Balaban J connectivity index is 1.24. The number of ketones is 1. The molecular weight excluding hydrogens is 392 g/mol. The number of Topliss-reactive ketones (excluding diaryl/α,β-unsaturated/α-hetero) is 1. The van der Waals surface area contributed by atoms with E-state index in [0.717, 1.165) is 74.1 Å². The molecule has 0 atom stereocenters. The van der Waals surface area contributed by atoms with Crippen LogP contribution in [0.5, 0.6) is 0 Å². The summed E-state index contributed by atoms with van der Waals surface area (Å²) >= 11 is 0. The maximum absolute atomic E-state index is 12.9. The van der Waals surface area contributed by atoms with E-state index in [-0.39, 0.29) is 11.7 Å². The highest BCUT2D eigenvalue weighted by atomic mass is 16.5. The molecular formula is C23H28N6O2. The second-order valence-corrected chi connectivity index (χ2v) is 8.63. The van der Waals surface area contributed by atoms with Gasteiger partial charge in [-0.15, -0.1) is 5.10 Å². The molecule has 5 rings (SSSR count). The van der Waals surface area contributed by atoms with Crippen molar-refractivity contribution in [1.29, 1.82) is 0 Å². The van der Waals surface area contributed by atoms with Gasteiger partial charge in [0, 0.05) is 49.2 Å². The quantitative estimate of drug-likeness (QED) is 0.627. The van der Waals surface area contributed by atoms with Crippen molar-refractivity contribution in [3.63, 3.8) is 0 Å². The lowest BCUT2D eigenvalue weighted by Gasteiger charge is -2.38. The minimum absolute atomic E-state index is 0.127. The summed E-state index contributed by atoms with van der Waals surface area (Å²) in [6.07, 6.45) is 8.10. The number of carbonyl (C=O) groups is 1. The number of carbonyl (C=O) groups excluding carboxylic acids is 1. The molecule has 1 aromatic carbocycles. The van der Waals surface area contributed by atoms with Gasteiger partial charge < -0.3 is 4.74 Å². The lowest BCUT2D eigenvalue weighted by molar-refractivity contribution is -0.123. The van der Waals surface area contributed by atoms with Crippen LogP contribution < -0.4 is 0 Å². The number of ether oxygens (including phenoxy) is 1. The Bertz CT molecular complexity index is 1070. The Morgan fingerprint density at radius 3 is 2.71 bits per heavy atom. The molecule has 0 radical (unpaired) electrons. The van der Waals surface area contributed by atoms with Crippen LogP contribution in [0.25, 0.3) is 22.2 Å². The minimum Gasteiger partial charge on any atom is -0.379 e. The molecule has 0 spiro atoms. The number of hydrogen-bond donors (Lipinski definition) is 0. The molecule has 1 saturated heterocycles. The smallest absolute Gasteiger partial charge is 0.143 e. The molecule has 162 valence electrons. The molecule has 0 amide bonds. The molecule has 0 unspecified atom stereocenters. The van der Waals surface area contributed by atoms with Crippen LogP contribution in [-0.2, 0) is 23.0 Å². The van der Waals surface area contributed by atoms with Gasteiger partial charge in [-0.1, -0.05) is 17.3 Å². The average Bonchev–Trinajstić information content (AvgIpc) is 3.25. The van der Waals surface area contributed by atoms with Crippen molar-refractivity contribution in [2.45, 2.75) is 38.1 Å². The first-order chi connectivity index (χ1) is 15.2. The normalized spacial score (nSPS) is 22.6. The highest BCUT2D eigenvalue weighted by Crippen LogP contribution is 2.29. The van der Waals surface area contributed by atoms with Crippen molar-refractivity contribution < 1.29 is 9.53 Å². The maximum Gasteiger partial charge on any atom is 0.143 e. The molecule has 3 aromatic rings. The number of benzene rings is 1. The van der Waals surface area contributed by atoms with Gasteiger partial charge >= 0.3 is 0 Å². The largest absolute Gasteiger partial charge is 0.379 e. The summed E-state index contributed by atoms with van der Waals surface area (Å²) in [5.41, 5.74) is 2.59. The Labute approximate surface area is 181 Å². The highest BCUT2D eigenvalue weighted by molar-refractivity contribution is 5.85. The summed E-state index contributed by atoms with van der Waals surface area (Å²) in [4.78, 5) is 24.6. The van der Waals surface area contributed by atoms with Crippen LogP contribution in [0.4, 0.5) is 0 Å². The van der Waals surface area contributed by atoms with E-state index in [1.165, 1.54) is 0 Å². The molecule has 1 aliphatic carbocycles. The Hall–Kier alpha value is -2.71. The molecule has 2 fully saturated rings. The predicted molar refractivity (Wildman–Crippen MR) is 116 cm³/mol. The fourth-order valence-electron chi connectivity index (χ4n) is 4.79. The molecule has 31 heavy (non-hydrogen) atoms. The Morgan fingerprint density at radius 1 is 1.16 bits per heavy atom. The summed E-state index contributed by atoms with van der Waals surface area (Å²) in [7, 11) is 1.85. The molecule has 1 aliphatic heterocycles. The number of fused-ring (bicyclic) bond motifs is 1. The van der Waals surface area contributed by atoms with Crippen molar-refractivity contribution in [2.24, 2.45) is 13.0 Å². The van der Waals surface area contributed by atoms with E-state index in [9.17, 15) is 4.79 Å². The third-order valence-electron chi connectivity index (χ3n) is 6.58. The van der Waals surface area contributed by atoms with Crippen LogP contribution in [0, 0.1) is 5.92 Å². The lowest BCUT2D eigenvalue weighted by atomic mass is 9.82. The van der Waals surface area contributed by atoms with Gasteiger partial charge in [0.05, 0.1) is 31.3 Å². The van der Waals surface area contributed by atoms with E-state index in [2.05, 4.69) is 25.2 Å². The number of aromatic nitrogens is 5. The maximum atomic E-state index is 12.9. The summed E-state index contributed by atoms with van der Waals surface area (Å²) in [5, 5.41) is 9.12. The first kappa shape index (κ1) is 20.2. The topological polar surface area (TPSA) is 86.0 Å². The van der Waals surface area contributed by atoms with Crippen LogP contribution in [0.15, 0.2) is 30.6 Å². The molecule has 8 heteroatoms. The van der Waals surface area contributed by atoms with Crippen molar-refractivity contribution >= 4 is 16.7 Å². The molecule has 3 heterocycles. The van der Waals surface area contributed by atoms with Crippen molar-refractivity contribution in [1.82, 2.24) is 29.9 Å². The van der Waals surface area contributed by atoms with E-state index in [0.29, 0.717) is 18.3 Å². The summed E-state index contributed by atoms with van der Waals surface area (Å²) in [6.45, 7) is 3.70. The fourth-order valence-corrected chi connectivity index (χ4v) is 4.79. The predicted octanol–water partition coefficient (Wildman–Crippen LogP) is 2.43. The Morgan fingerprint density at radius 2 is 1.97 bits per heavy atom. The van der Waals surface area contributed by atoms with E-state index < -0.39 is 0 Å². The van der Waals surface area contributed by atoms with Crippen LogP contribution >= 0.6 is 0 Å². The third kappa shape index (κ3) is 4.50. The first-order valence-electron chi connectivity index (χ1n) is 11.1. The van der Waals surface area contributed by atoms with Gasteiger partial charge in [0.1, 0.15) is 17.3 Å². The standard InChI is InChI=1S/C23H28N6O2/c1-28-15-21(26-27-28)17-2-3-18-14-24-23(25-20(18)12-17)13-22(30)16-4-6-19(7-5-16)29-8-10-31-11-9-29/h2-3,12,14-16,19H,4-11,13H2,1H3. The van der Waals surface area contributed by atoms with Crippen LogP contribution in [0.1, 0.15) is 31.5 Å². The first-order valence-corrected chi connectivity index (χ1v) is 11.1. The van der Waals surface area contributed by atoms with Crippen molar-refractivity contribution in [2.75, 3.05) is 26.3 Å². The molecule has 2 aliphatic rings. The van der Waals surface area contributed by atoms with E-state index in [1.54, 1.807) is 10.9 Å². The SMILES string of the molecule is Cn1cc(-c2ccc3cnc(CC(=O)C4CCC(N5CCOCC5)CC4)nc3c2)nn1. The minimum atomic E-state index is 0.127. The molecule has 2 aromatic heterocycles. The van der Waals surface area contributed by atoms with E-state index in [1.807, 2.05) is 31.4 Å². The van der Waals surface area contributed by atoms with Gasteiger partial charge in [-0.3, -0.25) is 14.4 Å². The van der Waals surface area contributed by atoms with Crippen LogP contribution in [0.2, 0.25) is 0 Å². The number of morpholine rings is 1. The zero-order valence-corrected chi connectivity index (χ0v) is 17.9. The van der Waals surface area contributed by atoms with Gasteiger partial charge in [-0.05, 0) is 31.7 Å². The highest BCUT2D eigenvalue weighted by Gasteiger charge is 2.30. The summed E-state index contributed by atoms with van der Waals surface area (Å²) in [5.74, 6) is 0.997. The average molecular weight is 421 g/mol. The van der Waals surface area contributed by atoms with Crippen LogP contribution in [-0.4, -0.2) is 68.0 Å². The summed E-state index contributed by atoms with van der Waals surface area (Å²) in [6, 6.07) is 6.57. The number of aryl methyl sites for hydroxylation is 1. The molecule has 0 N–H and O–H groups in total. The monoisotopic (exact) mass is 420 g/mol. The van der Waals surface area contributed by atoms with E-state index in [4.69, 9.17) is 4.74 Å². The van der Waals surface area contributed by atoms with Gasteiger partial charge in [-0.2, -0.15) is 0 Å². The number of rotatable bonds is 5. The van der Waals surface area contributed by atoms with Crippen molar-refractivity contribution in [3.05, 3.63) is 36.4 Å². The second-order valence-electron chi connectivity index (χ2n) is 8.63. The van der Waals surface area contributed by atoms with Gasteiger partial charge in [0.2, 0.25) is 0 Å². The van der Waals surface area contributed by atoms with Crippen LogP contribution in [0.3, 0.4) is 0 Å². The zero-order valence-electron chi connectivity index (χ0n) is 17.9. The molecule has 8 nitrogen and oxygen atoms in total. The Kier molecular flexibility index (Phi) is 5.74. The molecule has 0 bridgehead atoms. The number of hydrogen-bond acceptors (Lipinski definition) is 7. The van der Waals surface area contributed by atoms with Gasteiger partial charge in [-0.25, -0.2) is 9.97 Å². The van der Waals surface area contributed by atoms with Gasteiger partial charge in [0.15, 0.2) is 0 Å². The number of nitrogens with zero attached hydrogens (tertiary/aromatic N) is 6. The third-order valence-corrected chi connectivity index (χ3v) is 6.58. The second kappa shape index (κ2) is 8.80. The molecule has 1 saturated carbocycles. The van der Waals surface area contributed by atoms with E-state index >= 15 is 0 Å². The zero-order chi connectivity index (χ0) is 21.2. The van der Waals surface area contributed by atoms with Gasteiger partial charge in [0.25, 0.3) is 0 Å². The lowest BCUT2D eigenvalue weighted by Crippen LogP contribution is -2.45. The summed E-state index contributed by atoms with van der Waals surface area (Å²) < 4.78 is 7.14.